The molecule has 0 fully saturated rings. The number of sulfonamides is 1. The van der Waals surface area contributed by atoms with Crippen molar-refractivity contribution in [3.05, 3.63) is 30.1 Å². The highest BCUT2D eigenvalue weighted by atomic mass is 32.2. The van der Waals surface area contributed by atoms with Crippen molar-refractivity contribution in [1.82, 2.24) is 24.2 Å². The summed E-state index contributed by atoms with van der Waals surface area (Å²) in [4.78, 5) is 13.0. The molecule has 0 saturated carbocycles. The smallest absolute Gasteiger partial charge is 0.240 e. The van der Waals surface area contributed by atoms with Crippen LogP contribution in [-0.4, -0.2) is 35.0 Å². The average molecular weight is 347 g/mol. The van der Waals surface area contributed by atoms with E-state index in [1.54, 1.807) is 12.1 Å². The standard InChI is InChI=1S/C14H17N7O2S/c1-8-17-11-12(19-14(15)20-13(11)21(8)3)18-9-4-6-10(7-5-9)24(22,23)16-2/h4-7,16H,1-3H3,(H3,15,18,19,20). The molecule has 0 radical (unpaired) electrons. The highest BCUT2D eigenvalue weighted by Crippen LogP contribution is 2.25. The van der Waals surface area contributed by atoms with E-state index in [4.69, 9.17) is 5.73 Å². The first-order chi connectivity index (χ1) is 11.3. The van der Waals surface area contributed by atoms with Crippen LogP contribution < -0.4 is 15.8 Å². The molecule has 3 aromatic rings. The molecule has 0 aliphatic carbocycles. The van der Waals surface area contributed by atoms with E-state index < -0.39 is 10.0 Å². The van der Waals surface area contributed by atoms with Crippen LogP contribution in [0.3, 0.4) is 0 Å². The molecule has 0 atom stereocenters. The Morgan fingerprint density at radius 1 is 1.12 bits per heavy atom. The maximum atomic E-state index is 11.7. The fourth-order valence-corrected chi connectivity index (χ4v) is 2.98. The maximum absolute atomic E-state index is 11.7. The van der Waals surface area contributed by atoms with Gasteiger partial charge in [-0.3, -0.25) is 0 Å². The summed E-state index contributed by atoms with van der Waals surface area (Å²) in [7, 11) is -0.259. The molecule has 126 valence electrons. The lowest BCUT2D eigenvalue weighted by molar-refractivity contribution is 0.588. The zero-order valence-corrected chi connectivity index (χ0v) is 14.2. The first kappa shape index (κ1) is 16.1. The van der Waals surface area contributed by atoms with Crippen molar-refractivity contribution in [3.63, 3.8) is 0 Å². The van der Waals surface area contributed by atoms with E-state index in [2.05, 4.69) is 25.0 Å². The molecular formula is C14H17N7O2S. The maximum Gasteiger partial charge on any atom is 0.240 e. The summed E-state index contributed by atoms with van der Waals surface area (Å²) in [5.74, 6) is 1.37. The van der Waals surface area contributed by atoms with Crippen LogP contribution in [0.25, 0.3) is 11.2 Å². The molecule has 0 aliphatic rings. The summed E-state index contributed by atoms with van der Waals surface area (Å²) in [6, 6.07) is 6.29. The Morgan fingerprint density at radius 3 is 2.42 bits per heavy atom. The highest BCUT2D eigenvalue weighted by Gasteiger charge is 2.14. The lowest BCUT2D eigenvalue weighted by atomic mass is 10.3. The minimum atomic E-state index is -3.47. The summed E-state index contributed by atoms with van der Waals surface area (Å²) in [6.45, 7) is 1.86. The van der Waals surface area contributed by atoms with Gasteiger partial charge in [0.05, 0.1) is 4.90 Å². The van der Waals surface area contributed by atoms with Gasteiger partial charge in [0.15, 0.2) is 17.0 Å². The number of aryl methyl sites for hydroxylation is 2. The number of hydrogen-bond acceptors (Lipinski definition) is 7. The molecule has 0 amide bonds. The predicted molar refractivity (Wildman–Crippen MR) is 91.4 cm³/mol. The zero-order chi connectivity index (χ0) is 17.5. The number of anilines is 3. The molecule has 2 aromatic heterocycles. The third kappa shape index (κ3) is 2.76. The third-order valence-electron chi connectivity index (χ3n) is 3.66. The van der Waals surface area contributed by atoms with Crippen LogP contribution in [0.15, 0.2) is 29.2 Å². The van der Waals surface area contributed by atoms with E-state index in [1.165, 1.54) is 19.2 Å². The van der Waals surface area contributed by atoms with E-state index in [-0.39, 0.29) is 10.8 Å². The second-order valence-corrected chi connectivity index (χ2v) is 7.06. The molecule has 24 heavy (non-hydrogen) atoms. The lowest BCUT2D eigenvalue weighted by Crippen LogP contribution is -2.18. The number of aromatic nitrogens is 4. The second kappa shape index (κ2) is 5.73. The Balaban J connectivity index is 2.00. The van der Waals surface area contributed by atoms with Gasteiger partial charge < -0.3 is 15.6 Å². The van der Waals surface area contributed by atoms with Gasteiger partial charge in [0.1, 0.15) is 5.82 Å². The van der Waals surface area contributed by atoms with Gasteiger partial charge in [-0.1, -0.05) is 0 Å². The third-order valence-corrected chi connectivity index (χ3v) is 5.09. The predicted octanol–water partition coefficient (Wildman–Crippen LogP) is 0.906. The molecule has 0 aliphatic heterocycles. The minimum absolute atomic E-state index is 0.127. The Kier molecular flexibility index (Phi) is 3.85. The Bertz CT molecular complexity index is 1010. The number of fused-ring (bicyclic) bond motifs is 1. The molecule has 3 rings (SSSR count). The number of nitrogens with zero attached hydrogens (tertiary/aromatic N) is 4. The molecule has 0 unspecified atom stereocenters. The normalized spacial score (nSPS) is 11.8. The fourth-order valence-electron chi connectivity index (χ4n) is 2.25. The summed E-state index contributed by atoms with van der Waals surface area (Å²) in [5.41, 5.74) is 7.64. The molecular weight excluding hydrogens is 330 g/mol. The van der Waals surface area contributed by atoms with E-state index in [0.717, 1.165) is 5.82 Å². The van der Waals surface area contributed by atoms with Crippen molar-refractivity contribution < 1.29 is 8.42 Å². The fraction of sp³-hybridized carbons (Fsp3) is 0.214. The van der Waals surface area contributed by atoms with Crippen LogP contribution in [-0.2, 0) is 17.1 Å². The molecule has 2 heterocycles. The summed E-state index contributed by atoms with van der Waals surface area (Å²) in [6.07, 6.45) is 0. The highest BCUT2D eigenvalue weighted by molar-refractivity contribution is 7.89. The summed E-state index contributed by atoms with van der Waals surface area (Å²) in [5, 5.41) is 3.10. The zero-order valence-electron chi connectivity index (χ0n) is 13.4. The van der Waals surface area contributed by atoms with Crippen molar-refractivity contribution in [1.29, 1.82) is 0 Å². The van der Waals surface area contributed by atoms with Crippen molar-refractivity contribution in [2.75, 3.05) is 18.1 Å². The molecule has 4 N–H and O–H groups in total. The van der Waals surface area contributed by atoms with Gasteiger partial charge >= 0.3 is 0 Å². The van der Waals surface area contributed by atoms with Gasteiger partial charge in [-0.25, -0.2) is 18.1 Å². The molecule has 1 aromatic carbocycles. The molecule has 0 bridgehead atoms. The topological polar surface area (TPSA) is 128 Å². The first-order valence-electron chi connectivity index (χ1n) is 7.09. The molecule has 9 nitrogen and oxygen atoms in total. The van der Waals surface area contributed by atoms with Gasteiger partial charge in [-0.15, -0.1) is 0 Å². The number of benzene rings is 1. The SMILES string of the molecule is CNS(=O)(=O)c1ccc(Nc2nc(N)nc3c2nc(C)n3C)cc1. The van der Waals surface area contributed by atoms with Gasteiger partial charge in [0.25, 0.3) is 0 Å². The van der Waals surface area contributed by atoms with Crippen LogP contribution in [0, 0.1) is 6.92 Å². The van der Waals surface area contributed by atoms with Gasteiger partial charge in [0.2, 0.25) is 16.0 Å². The number of imidazole rings is 1. The molecule has 10 heteroatoms. The van der Waals surface area contributed by atoms with Gasteiger partial charge in [-0.05, 0) is 38.2 Å². The van der Waals surface area contributed by atoms with Crippen molar-refractivity contribution >= 4 is 38.6 Å². The van der Waals surface area contributed by atoms with E-state index >= 15 is 0 Å². The Hall–Kier alpha value is -2.72. The minimum Gasteiger partial charge on any atom is -0.368 e. The van der Waals surface area contributed by atoms with Crippen LogP contribution in [0.1, 0.15) is 5.82 Å². The number of nitrogens with two attached hydrogens (primary N) is 1. The number of nitrogens with one attached hydrogen (secondary N) is 2. The van der Waals surface area contributed by atoms with Crippen molar-refractivity contribution in [2.45, 2.75) is 11.8 Å². The first-order valence-corrected chi connectivity index (χ1v) is 8.57. The summed E-state index contributed by atoms with van der Waals surface area (Å²) >= 11 is 0. The van der Waals surface area contributed by atoms with Gasteiger partial charge in [0, 0.05) is 12.7 Å². The average Bonchev–Trinajstić information content (AvgIpc) is 2.84. The Morgan fingerprint density at radius 2 is 1.79 bits per heavy atom. The largest absolute Gasteiger partial charge is 0.368 e. The number of hydrogen-bond donors (Lipinski definition) is 3. The lowest BCUT2D eigenvalue weighted by Gasteiger charge is -2.08. The number of rotatable bonds is 4. The molecule has 0 spiro atoms. The number of nitrogen functional groups attached to an aromatic ring is 1. The van der Waals surface area contributed by atoms with Crippen molar-refractivity contribution in [2.24, 2.45) is 7.05 Å². The van der Waals surface area contributed by atoms with Crippen LogP contribution in [0.4, 0.5) is 17.5 Å². The quantitative estimate of drug-likeness (QED) is 0.640. The van der Waals surface area contributed by atoms with Gasteiger partial charge in [-0.2, -0.15) is 9.97 Å². The summed E-state index contributed by atoms with van der Waals surface area (Å²) < 4.78 is 27.6. The second-order valence-electron chi connectivity index (χ2n) is 5.18. The molecule has 0 saturated heterocycles. The van der Waals surface area contributed by atoms with Crippen molar-refractivity contribution in [3.8, 4) is 0 Å². The Labute approximate surface area is 139 Å². The monoisotopic (exact) mass is 347 g/mol. The van der Waals surface area contributed by atoms with Crippen LogP contribution in [0.2, 0.25) is 0 Å². The van der Waals surface area contributed by atoms with E-state index in [9.17, 15) is 8.42 Å². The van der Waals surface area contributed by atoms with E-state index in [1.807, 2.05) is 18.5 Å². The van der Waals surface area contributed by atoms with Crippen LogP contribution >= 0.6 is 0 Å². The van der Waals surface area contributed by atoms with Crippen LogP contribution in [0.5, 0.6) is 0 Å². The van der Waals surface area contributed by atoms with E-state index in [0.29, 0.717) is 22.7 Å².